The van der Waals surface area contributed by atoms with E-state index in [0.29, 0.717) is 0 Å². The van der Waals surface area contributed by atoms with Crippen molar-refractivity contribution in [3.63, 3.8) is 0 Å². The van der Waals surface area contributed by atoms with E-state index >= 15 is 0 Å². The van der Waals surface area contributed by atoms with Gasteiger partial charge in [0, 0.05) is 6.04 Å². The molecule has 0 saturated heterocycles. The number of hydrogen-bond acceptors (Lipinski definition) is 1. The van der Waals surface area contributed by atoms with E-state index in [0.717, 1.165) is 12.0 Å². The summed E-state index contributed by atoms with van der Waals surface area (Å²) in [7, 11) is 0. The Balaban J connectivity index is 4.32. The van der Waals surface area contributed by atoms with E-state index in [1.165, 1.54) is 0 Å². The van der Waals surface area contributed by atoms with Gasteiger partial charge in [-0.2, -0.15) is 0 Å². The SMILES string of the molecule is C=CC=C(C=CC)C(N)CC. The summed E-state index contributed by atoms with van der Waals surface area (Å²) in [6.07, 6.45) is 8.70. The first-order valence-corrected chi connectivity index (χ1v) is 3.97. The van der Waals surface area contributed by atoms with Gasteiger partial charge in [0.25, 0.3) is 0 Å². The summed E-state index contributed by atoms with van der Waals surface area (Å²) in [5, 5.41) is 0. The summed E-state index contributed by atoms with van der Waals surface area (Å²) in [6.45, 7) is 7.69. The Morgan fingerprint density at radius 2 is 2.27 bits per heavy atom. The molecular formula is C10H17N. The van der Waals surface area contributed by atoms with Gasteiger partial charge in [-0.25, -0.2) is 0 Å². The highest BCUT2D eigenvalue weighted by atomic mass is 14.6. The summed E-state index contributed by atoms with van der Waals surface area (Å²) >= 11 is 0. The van der Waals surface area contributed by atoms with Gasteiger partial charge in [0.15, 0.2) is 0 Å². The molecule has 2 N–H and O–H groups in total. The molecule has 0 rings (SSSR count). The van der Waals surface area contributed by atoms with Crippen LogP contribution in [0, 0.1) is 0 Å². The molecule has 1 atom stereocenters. The van der Waals surface area contributed by atoms with Gasteiger partial charge < -0.3 is 5.73 Å². The van der Waals surface area contributed by atoms with E-state index in [-0.39, 0.29) is 6.04 Å². The molecule has 1 unspecified atom stereocenters. The molecule has 0 fully saturated rings. The molecule has 0 spiro atoms. The third-order valence-corrected chi connectivity index (χ3v) is 1.54. The van der Waals surface area contributed by atoms with Gasteiger partial charge in [0.1, 0.15) is 0 Å². The molecule has 1 heteroatoms. The molecule has 0 aliphatic heterocycles. The van der Waals surface area contributed by atoms with E-state index in [1.807, 2.05) is 25.2 Å². The fraction of sp³-hybridized carbons (Fsp3) is 0.400. The molecule has 0 heterocycles. The summed E-state index contributed by atoms with van der Waals surface area (Å²) in [4.78, 5) is 0. The Labute approximate surface area is 69.3 Å². The average molecular weight is 151 g/mol. The van der Waals surface area contributed by atoms with E-state index < -0.39 is 0 Å². The van der Waals surface area contributed by atoms with Crippen molar-refractivity contribution in [2.75, 3.05) is 0 Å². The zero-order valence-electron chi connectivity index (χ0n) is 7.38. The Morgan fingerprint density at radius 3 is 2.64 bits per heavy atom. The topological polar surface area (TPSA) is 26.0 Å². The van der Waals surface area contributed by atoms with Crippen molar-refractivity contribution < 1.29 is 0 Å². The molecule has 0 aliphatic rings. The highest BCUT2D eigenvalue weighted by molar-refractivity contribution is 5.27. The number of rotatable bonds is 4. The summed E-state index contributed by atoms with van der Waals surface area (Å²) < 4.78 is 0. The van der Waals surface area contributed by atoms with Crippen LogP contribution in [0.5, 0.6) is 0 Å². The van der Waals surface area contributed by atoms with Crippen LogP contribution in [0.3, 0.4) is 0 Å². The Bertz CT molecular complexity index is 166. The van der Waals surface area contributed by atoms with Crippen LogP contribution < -0.4 is 5.73 Å². The predicted octanol–water partition coefficient (Wildman–Crippen LogP) is 2.41. The van der Waals surface area contributed by atoms with Crippen LogP contribution in [-0.4, -0.2) is 6.04 Å². The second-order valence-corrected chi connectivity index (χ2v) is 2.42. The van der Waals surface area contributed by atoms with Crippen molar-refractivity contribution in [1.82, 2.24) is 0 Å². The van der Waals surface area contributed by atoms with Crippen molar-refractivity contribution in [2.45, 2.75) is 26.3 Å². The third-order valence-electron chi connectivity index (χ3n) is 1.54. The number of hydrogen-bond donors (Lipinski definition) is 1. The van der Waals surface area contributed by atoms with Crippen LogP contribution >= 0.6 is 0 Å². The van der Waals surface area contributed by atoms with E-state index in [4.69, 9.17) is 5.73 Å². The van der Waals surface area contributed by atoms with Gasteiger partial charge in [0.2, 0.25) is 0 Å². The lowest BCUT2D eigenvalue weighted by atomic mass is 10.1. The molecule has 0 aromatic rings. The smallest absolute Gasteiger partial charge is 0.0292 e. The number of allylic oxidation sites excluding steroid dienone is 3. The molecule has 0 radical (unpaired) electrons. The fourth-order valence-electron chi connectivity index (χ4n) is 0.867. The molecule has 1 nitrogen and oxygen atoms in total. The molecule has 0 saturated carbocycles. The van der Waals surface area contributed by atoms with Gasteiger partial charge >= 0.3 is 0 Å². The molecule has 0 aromatic carbocycles. The van der Waals surface area contributed by atoms with Crippen molar-refractivity contribution in [1.29, 1.82) is 0 Å². The van der Waals surface area contributed by atoms with Crippen LogP contribution in [0.15, 0.2) is 36.5 Å². The highest BCUT2D eigenvalue weighted by Crippen LogP contribution is 2.05. The van der Waals surface area contributed by atoms with Crippen LogP contribution in [0.1, 0.15) is 20.3 Å². The lowest BCUT2D eigenvalue weighted by Gasteiger charge is -2.08. The lowest BCUT2D eigenvalue weighted by molar-refractivity contribution is 0.755. The zero-order chi connectivity index (χ0) is 8.69. The maximum Gasteiger partial charge on any atom is 0.0292 e. The first kappa shape index (κ1) is 10.2. The minimum atomic E-state index is 0.143. The molecule has 0 aliphatic carbocycles. The number of nitrogens with two attached hydrogens (primary N) is 1. The van der Waals surface area contributed by atoms with Crippen LogP contribution in [0.25, 0.3) is 0 Å². The monoisotopic (exact) mass is 151 g/mol. The van der Waals surface area contributed by atoms with Crippen molar-refractivity contribution in [3.05, 3.63) is 36.5 Å². The van der Waals surface area contributed by atoms with Gasteiger partial charge in [0.05, 0.1) is 0 Å². The molecule has 62 valence electrons. The minimum absolute atomic E-state index is 0.143. The molecule has 11 heavy (non-hydrogen) atoms. The Morgan fingerprint density at radius 1 is 1.64 bits per heavy atom. The average Bonchev–Trinajstić information content (AvgIpc) is 2.03. The fourth-order valence-corrected chi connectivity index (χ4v) is 0.867. The first-order valence-electron chi connectivity index (χ1n) is 3.97. The normalized spacial score (nSPS) is 15.4. The predicted molar refractivity (Wildman–Crippen MR) is 51.4 cm³/mol. The van der Waals surface area contributed by atoms with Crippen molar-refractivity contribution in [3.8, 4) is 0 Å². The molecule has 0 aromatic heterocycles. The summed E-state index contributed by atoms with van der Waals surface area (Å²) in [5.74, 6) is 0. The Kier molecular flexibility index (Phi) is 5.49. The summed E-state index contributed by atoms with van der Waals surface area (Å²) in [6, 6.07) is 0.143. The maximum absolute atomic E-state index is 5.82. The standard InChI is InChI=1S/C10H17N/c1-4-7-9(8-5-2)10(11)6-3/h4-5,7-8,10H,1,6,11H2,2-3H3. The highest BCUT2D eigenvalue weighted by Gasteiger charge is 2.00. The van der Waals surface area contributed by atoms with Gasteiger partial charge in [-0.1, -0.05) is 37.8 Å². The van der Waals surface area contributed by atoms with Crippen LogP contribution in [-0.2, 0) is 0 Å². The Hall–Kier alpha value is -0.820. The van der Waals surface area contributed by atoms with Crippen molar-refractivity contribution in [2.24, 2.45) is 5.73 Å². The van der Waals surface area contributed by atoms with Crippen LogP contribution in [0.2, 0.25) is 0 Å². The van der Waals surface area contributed by atoms with Gasteiger partial charge in [-0.05, 0) is 18.9 Å². The van der Waals surface area contributed by atoms with Gasteiger partial charge in [-0.15, -0.1) is 0 Å². The summed E-state index contributed by atoms with van der Waals surface area (Å²) in [5.41, 5.74) is 6.97. The van der Waals surface area contributed by atoms with E-state index in [1.54, 1.807) is 6.08 Å². The second-order valence-electron chi connectivity index (χ2n) is 2.42. The van der Waals surface area contributed by atoms with E-state index in [2.05, 4.69) is 13.5 Å². The largest absolute Gasteiger partial charge is 0.324 e. The quantitative estimate of drug-likeness (QED) is 0.613. The third kappa shape index (κ3) is 3.79. The van der Waals surface area contributed by atoms with Crippen molar-refractivity contribution >= 4 is 0 Å². The van der Waals surface area contributed by atoms with E-state index in [9.17, 15) is 0 Å². The first-order chi connectivity index (χ1) is 5.26. The molecule has 0 bridgehead atoms. The molecule has 0 amide bonds. The second kappa shape index (κ2) is 5.93. The maximum atomic E-state index is 5.82. The minimum Gasteiger partial charge on any atom is -0.324 e. The van der Waals surface area contributed by atoms with Gasteiger partial charge in [-0.3, -0.25) is 0 Å². The molecular weight excluding hydrogens is 134 g/mol. The lowest BCUT2D eigenvalue weighted by Crippen LogP contribution is -2.20. The van der Waals surface area contributed by atoms with Crippen LogP contribution in [0.4, 0.5) is 0 Å². The zero-order valence-corrected chi connectivity index (χ0v) is 7.38.